The molecule has 1 aromatic carbocycles. The number of carbonyl (C=O) groups excluding carboxylic acids is 2. The van der Waals surface area contributed by atoms with Gasteiger partial charge in [-0.25, -0.2) is 9.78 Å². The first-order chi connectivity index (χ1) is 12.1. The van der Waals surface area contributed by atoms with Crippen molar-refractivity contribution in [1.82, 2.24) is 10.3 Å². The summed E-state index contributed by atoms with van der Waals surface area (Å²) in [7, 11) is 0. The molecule has 0 bridgehead atoms. The molecule has 0 fully saturated rings. The SMILES string of the molecule is CCCCNC(=O)COC(=O)c1cccnc1Sc1ccc(Cl)cc1. The van der Waals surface area contributed by atoms with E-state index in [0.717, 1.165) is 17.7 Å². The molecule has 1 N–H and O–H groups in total. The maximum absolute atomic E-state index is 12.3. The molecule has 1 heterocycles. The summed E-state index contributed by atoms with van der Waals surface area (Å²) in [6.45, 7) is 2.31. The van der Waals surface area contributed by atoms with Crippen LogP contribution in [0.1, 0.15) is 30.1 Å². The van der Waals surface area contributed by atoms with E-state index < -0.39 is 5.97 Å². The maximum Gasteiger partial charge on any atom is 0.341 e. The minimum atomic E-state index is -0.574. The summed E-state index contributed by atoms with van der Waals surface area (Å²) < 4.78 is 5.09. The fourth-order valence-electron chi connectivity index (χ4n) is 1.91. The highest BCUT2D eigenvalue weighted by molar-refractivity contribution is 7.99. The lowest BCUT2D eigenvalue weighted by Gasteiger charge is -2.09. The van der Waals surface area contributed by atoms with Crippen molar-refractivity contribution in [3.8, 4) is 0 Å². The minimum Gasteiger partial charge on any atom is -0.452 e. The van der Waals surface area contributed by atoms with E-state index in [1.165, 1.54) is 11.8 Å². The number of aromatic nitrogens is 1. The fourth-order valence-corrected chi connectivity index (χ4v) is 2.90. The third kappa shape index (κ3) is 6.40. The van der Waals surface area contributed by atoms with Crippen LogP contribution < -0.4 is 5.32 Å². The standard InChI is InChI=1S/C18H19ClN2O3S/c1-2-3-10-20-16(22)12-24-18(23)15-5-4-11-21-17(15)25-14-8-6-13(19)7-9-14/h4-9,11H,2-3,10,12H2,1H3,(H,20,22). The molecule has 1 amide bonds. The average molecular weight is 379 g/mol. The zero-order valence-electron chi connectivity index (χ0n) is 13.8. The molecule has 0 aliphatic heterocycles. The van der Waals surface area contributed by atoms with Crippen LogP contribution in [0.15, 0.2) is 52.5 Å². The van der Waals surface area contributed by atoms with Crippen molar-refractivity contribution in [2.45, 2.75) is 29.7 Å². The Kier molecular flexibility index (Phi) is 7.76. The van der Waals surface area contributed by atoms with Crippen LogP contribution >= 0.6 is 23.4 Å². The van der Waals surface area contributed by atoms with Crippen LogP contribution in [0, 0.1) is 0 Å². The number of unbranched alkanes of at least 4 members (excludes halogenated alkanes) is 1. The zero-order chi connectivity index (χ0) is 18.1. The van der Waals surface area contributed by atoms with Gasteiger partial charge in [0.2, 0.25) is 0 Å². The molecular formula is C18H19ClN2O3S. The molecule has 0 radical (unpaired) electrons. The Bertz CT molecular complexity index is 723. The van der Waals surface area contributed by atoms with Crippen LogP contribution in [0.3, 0.4) is 0 Å². The number of hydrogen-bond donors (Lipinski definition) is 1. The lowest BCUT2D eigenvalue weighted by Crippen LogP contribution is -2.29. The molecule has 5 nitrogen and oxygen atoms in total. The molecule has 1 aromatic heterocycles. The highest BCUT2D eigenvalue weighted by Gasteiger charge is 2.16. The number of esters is 1. The summed E-state index contributed by atoms with van der Waals surface area (Å²) in [5.41, 5.74) is 0.323. The van der Waals surface area contributed by atoms with E-state index >= 15 is 0 Å². The first-order valence-corrected chi connectivity index (χ1v) is 9.12. The normalized spacial score (nSPS) is 10.3. The van der Waals surface area contributed by atoms with Crippen LogP contribution in [-0.2, 0) is 9.53 Å². The number of nitrogens with one attached hydrogen (secondary N) is 1. The molecule has 132 valence electrons. The van der Waals surface area contributed by atoms with Crippen molar-refractivity contribution >= 4 is 35.2 Å². The topological polar surface area (TPSA) is 68.3 Å². The number of rotatable bonds is 8. The second kappa shape index (κ2) is 10.1. The molecule has 0 aliphatic rings. The third-order valence-electron chi connectivity index (χ3n) is 3.21. The van der Waals surface area contributed by atoms with Gasteiger partial charge < -0.3 is 10.1 Å². The number of amides is 1. The summed E-state index contributed by atoms with van der Waals surface area (Å²) >= 11 is 7.21. The minimum absolute atomic E-state index is 0.303. The number of hydrogen-bond acceptors (Lipinski definition) is 5. The van der Waals surface area contributed by atoms with Gasteiger partial charge in [-0.15, -0.1) is 0 Å². The maximum atomic E-state index is 12.3. The molecule has 7 heteroatoms. The van der Waals surface area contributed by atoms with Crippen molar-refractivity contribution in [2.24, 2.45) is 0 Å². The second-order valence-corrected chi connectivity index (χ2v) is 6.69. The summed E-state index contributed by atoms with van der Waals surface area (Å²) in [5.74, 6) is -0.882. The monoisotopic (exact) mass is 378 g/mol. The van der Waals surface area contributed by atoms with Gasteiger partial charge >= 0.3 is 5.97 Å². The third-order valence-corrected chi connectivity index (χ3v) is 4.48. The Hall–Kier alpha value is -2.05. The van der Waals surface area contributed by atoms with Gasteiger partial charge in [-0.2, -0.15) is 0 Å². The number of benzene rings is 1. The number of ether oxygens (including phenoxy) is 1. The van der Waals surface area contributed by atoms with Crippen LogP contribution in [0.2, 0.25) is 5.02 Å². The largest absolute Gasteiger partial charge is 0.452 e. The van der Waals surface area contributed by atoms with E-state index in [-0.39, 0.29) is 12.5 Å². The van der Waals surface area contributed by atoms with Gasteiger partial charge in [0.25, 0.3) is 5.91 Å². The Morgan fingerprint density at radius 1 is 1.24 bits per heavy atom. The number of halogens is 1. The van der Waals surface area contributed by atoms with Crippen molar-refractivity contribution in [3.63, 3.8) is 0 Å². The van der Waals surface area contributed by atoms with Crippen LogP contribution in [0.5, 0.6) is 0 Å². The molecule has 2 rings (SSSR count). The van der Waals surface area contributed by atoms with E-state index in [4.69, 9.17) is 16.3 Å². The molecule has 0 atom stereocenters. The molecule has 25 heavy (non-hydrogen) atoms. The van der Waals surface area contributed by atoms with Gasteiger partial charge in [0.1, 0.15) is 5.03 Å². The lowest BCUT2D eigenvalue weighted by atomic mass is 10.3. The number of nitrogens with zero attached hydrogens (tertiary/aromatic N) is 1. The van der Waals surface area contributed by atoms with Gasteiger partial charge in [-0.1, -0.05) is 36.7 Å². The quantitative estimate of drug-likeness (QED) is 0.556. The summed E-state index contributed by atoms with van der Waals surface area (Å²) in [4.78, 5) is 29.0. The van der Waals surface area contributed by atoms with Gasteiger partial charge in [-0.3, -0.25) is 4.79 Å². The van der Waals surface area contributed by atoms with Gasteiger partial charge in [0.05, 0.1) is 5.56 Å². The molecule has 0 saturated heterocycles. The average Bonchev–Trinajstić information content (AvgIpc) is 2.62. The van der Waals surface area contributed by atoms with Gasteiger partial charge in [0, 0.05) is 22.7 Å². The van der Waals surface area contributed by atoms with E-state index in [9.17, 15) is 9.59 Å². The van der Waals surface area contributed by atoms with Gasteiger partial charge in [0.15, 0.2) is 6.61 Å². The fraction of sp³-hybridized carbons (Fsp3) is 0.278. The predicted octanol–water partition coefficient (Wildman–Crippen LogP) is 3.96. The van der Waals surface area contributed by atoms with E-state index in [2.05, 4.69) is 10.3 Å². The lowest BCUT2D eigenvalue weighted by molar-refractivity contribution is -0.124. The predicted molar refractivity (Wildman–Crippen MR) is 98.0 cm³/mol. The van der Waals surface area contributed by atoms with Crippen molar-refractivity contribution < 1.29 is 14.3 Å². The van der Waals surface area contributed by atoms with E-state index in [1.54, 1.807) is 30.5 Å². The summed E-state index contributed by atoms with van der Waals surface area (Å²) in [6.07, 6.45) is 3.48. The molecule has 2 aromatic rings. The smallest absolute Gasteiger partial charge is 0.341 e. The van der Waals surface area contributed by atoms with E-state index in [1.807, 2.05) is 19.1 Å². The van der Waals surface area contributed by atoms with Crippen molar-refractivity contribution in [2.75, 3.05) is 13.2 Å². The highest BCUT2D eigenvalue weighted by atomic mass is 35.5. The first-order valence-electron chi connectivity index (χ1n) is 7.92. The van der Waals surface area contributed by atoms with Crippen LogP contribution in [0.25, 0.3) is 0 Å². The Balaban J connectivity index is 1.98. The zero-order valence-corrected chi connectivity index (χ0v) is 15.4. The van der Waals surface area contributed by atoms with Crippen LogP contribution in [0.4, 0.5) is 0 Å². The molecule has 0 aliphatic carbocycles. The molecule has 0 unspecified atom stereocenters. The van der Waals surface area contributed by atoms with Crippen molar-refractivity contribution in [3.05, 3.63) is 53.2 Å². The molecule has 0 spiro atoms. The summed E-state index contributed by atoms with van der Waals surface area (Å²) in [5, 5.41) is 3.85. The first kappa shape index (κ1) is 19.3. The second-order valence-electron chi connectivity index (χ2n) is 5.19. The Morgan fingerprint density at radius 2 is 2.00 bits per heavy atom. The number of carbonyl (C=O) groups is 2. The summed E-state index contributed by atoms with van der Waals surface area (Å²) in [6, 6.07) is 10.5. The van der Waals surface area contributed by atoms with Gasteiger partial charge in [-0.05, 0) is 42.8 Å². The van der Waals surface area contributed by atoms with Crippen molar-refractivity contribution in [1.29, 1.82) is 0 Å². The Labute approximate surface area is 156 Å². The number of pyridine rings is 1. The van der Waals surface area contributed by atoms with Crippen LogP contribution in [-0.4, -0.2) is 30.0 Å². The Morgan fingerprint density at radius 3 is 2.72 bits per heavy atom. The molecule has 0 saturated carbocycles. The molecular weight excluding hydrogens is 360 g/mol. The highest BCUT2D eigenvalue weighted by Crippen LogP contribution is 2.29. The van der Waals surface area contributed by atoms with E-state index in [0.29, 0.717) is 22.2 Å².